The van der Waals surface area contributed by atoms with Crippen molar-refractivity contribution in [2.75, 3.05) is 0 Å². The highest BCUT2D eigenvalue weighted by Crippen LogP contribution is 2.22. The molecule has 64 valence electrons. The van der Waals surface area contributed by atoms with Gasteiger partial charge >= 0.3 is 5.97 Å². The van der Waals surface area contributed by atoms with E-state index in [1.807, 2.05) is 0 Å². The van der Waals surface area contributed by atoms with Crippen molar-refractivity contribution in [3.05, 3.63) is 28.8 Å². The van der Waals surface area contributed by atoms with E-state index in [4.69, 9.17) is 5.11 Å². The van der Waals surface area contributed by atoms with E-state index in [9.17, 15) is 9.90 Å². The summed E-state index contributed by atoms with van der Waals surface area (Å²) >= 11 is 0. The molecule has 0 fully saturated rings. The van der Waals surface area contributed by atoms with Crippen LogP contribution in [0.25, 0.3) is 0 Å². The fourth-order valence-electron chi connectivity index (χ4n) is 1.22. The number of rotatable bonds is 1. The Morgan fingerprint density at radius 2 is 1.92 bits per heavy atom. The van der Waals surface area contributed by atoms with Crippen LogP contribution >= 0.6 is 0 Å². The lowest BCUT2D eigenvalue weighted by Gasteiger charge is -2.04. The number of hydrogen-bond donors (Lipinski definition) is 2. The van der Waals surface area contributed by atoms with Crippen molar-refractivity contribution in [3.8, 4) is 5.75 Å². The summed E-state index contributed by atoms with van der Waals surface area (Å²) in [5, 5.41) is 17.9. The highest BCUT2D eigenvalue weighted by Gasteiger charge is 2.12. The average molecular weight is 166 g/mol. The maximum Gasteiger partial charge on any atom is 0.339 e. The molecular formula is C9H10O3. The van der Waals surface area contributed by atoms with Crippen LogP contribution in [0.15, 0.2) is 12.1 Å². The first-order valence-corrected chi connectivity index (χ1v) is 3.56. The highest BCUT2D eigenvalue weighted by atomic mass is 16.4. The van der Waals surface area contributed by atoms with Gasteiger partial charge in [0.05, 0.1) is 0 Å². The third-order valence-corrected chi connectivity index (χ3v) is 1.67. The Kier molecular flexibility index (Phi) is 2.04. The van der Waals surface area contributed by atoms with Crippen LogP contribution in [-0.2, 0) is 0 Å². The zero-order valence-electron chi connectivity index (χ0n) is 6.96. The van der Waals surface area contributed by atoms with Crippen LogP contribution in [0, 0.1) is 13.8 Å². The SMILES string of the molecule is Cc1cc(C)c(C(=O)O)c(O)c1. The van der Waals surface area contributed by atoms with Crippen molar-refractivity contribution in [1.29, 1.82) is 0 Å². The number of carboxylic acid groups (broad SMARTS) is 1. The largest absolute Gasteiger partial charge is 0.507 e. The smallest absolute Gasteiger partial charge is 0.339 e. The molecule has 0 bridgehead atoms. The molecule has 0 saturated carbocycles. The first kappa shape index (κ1) is 8.59. The normalized spacial score (nSPS) is 9.83. The van der Waals surface area contributed by atoms with Crippen molar-refractivity contribution in [1.82, 2.24) is 0 Å². The van der Waals surface area contributed by atoms with Crippen LogP contribution in [0.3, 0.4) is 0 Å². The lowest BCUT2D eigenvalue weighted by Crippen LogP contribution is -2.00. The zero-order valence-corrected chi connectivity index (χ0v) is 6.96. The third kappa shape index (κ3) is 1.39. The van der Waals surface area contributed by atoms with Crippen LogP contribution in [0.5, 0.6) is 5.75 Å². The number of aryl methyl sites for hydroxylation is 2. The van der Waals surface area contributed by atoms with Gasteiger partial charge in [-0.3, -0.25) is 0 Å². The number of benzene rings is 1. The molecule has 0 atom stereocenters. The van der Waals surface area contributed by atoms with E-state index >= 15 is 0 Å². The Morgan fingerprint density at radius 3 is 2.33 bits per heavy atom. The van der Waals surface area contributed by atoms with E-state index < -0.39 is 5.97 Å². The molecule has 1 aromatic rings. The summed E-state index contributed by atoms with van der Waals surface area (Å²) in [6.07, 6.45) is 0. The molecule has 0 radical (unpaired) electrons. The van der Waals surface area contributed by atoms with Crippen molar-refractivity contribution >= 4 is 5.97 Å². The lowest BCUT2D eigenvalue weighted by atomic mass is 10.0. The average Bonchev–Trinajstić information content (AvgIpc) is 1.82. The number of hydrogen-bond acceptors (Lipinski definition) is 2. The summed E-state index contributed by atoms with van der Waals surface area (Å²) < 4.78 is 0. The molecule has 3 nitrogen and oxygen atoms in total. The molecule has 1 aromatic carbocycles. The zero-order chi connectivity index (χ0) is 9.30. The summed E-state index contributed by atoms with van der Waals surface area (Å²) in [7, 11) is 0. The van der Waals surface area contributed by atoms with E-state index in [-0.39, 0.29) is 11.3 Å². The molecule has 0 amide bonds. The first-order valence-electron chi connectivity index (χ1n) is 3.56. The Labute approximate surface area is 70.3 Å². The van der Waals surface area contributed by atoms with E-state index in [1.54, 1.807) is 19.9 Å². The van der Waals surface area contributed by atoms with Gasteiger partial charge in [-0.1, -0.05) is 6.07 Å². The molecule has 0 aliphatic heterocycles. The van der Waals surface area contributed by atoms with Gasteiger partial charge in [0.2, 0.25) is 0 Å². The molecule has 0 aliphatic carbocycles. The van der Waals surface area contributed by atoms with Crippen LogP contribution < -0.4 is 0 Å². The maximum absolute atomic E-state index is 10.6. The molecule has 0 spiro atoms. The molecule has 0 unspecified atom stereocenters. The van der Waals surface area contributed by atoms with E-state index in [1.165, 1.54) is 6.07 Å². The fourth-order valence-corrected chi connectivity index (χ4v) is 1.22. The third-order valence-electron chi connectivity index (χ3n) is 1.67. The molecule has 0 heterocycles. The van der Waals surface area contributed by atoms with Crippen molar-refractivity contribution in [2.45, 2.75) is 13.8 Å². The van der Waals surface area contributed by atoms with Gasteiger partial charge in [0.1, 0.15) is 11.3 Å². The second kappa shape index (κ2) is 2.85. The van der Waals surface area contributed by atoms with Gasteiger partial charge < -0.3 is 10.2 Å². The lowest BCUT2D eigenvalue weighted by molar-refractivity contribution is 0.0693. The van der Waals surface area contributed by atoms with Gasteiger partial charge in [-0.05, 0) is 31.0 Å². The Balaban J connectivity index is 3.38. The molecular weight excluding hydrogens is 156 g/mol. The fraction of sp³-hybridized carbons (Fsp3) is 0.222. The highest BCUT2D eigenvalue weighted by molar-refractivity contribution is 5.92. The number of aromatic hydroxyl groups is 1. The van der Waals surface area contributed by atoms with Crippen molar-refractivity contribution in [2.24, 2.45) is 0 Å². The van der Waals surface area contributed by atoms with E-state index in [0.717, 1.165) is 5.56 Å². The standard InChI is InChI=1S/C9H10O3/c1-5-3-6(2)8(9(11)12)7(10)4-5/h3-4,10H,1-2H3,(H,11,12). The van der Waals surface area contributed by atoms with E-state index in [0.29, 0.717) is 5.56 Å². The minimum atomic E-state index is -1.09. The summed E-state index contributed by atoms with van der Waals surface area (Å²) in [4.78, 5) is 10.6. The van der Waals surface area contributed by atoms with Crippen LogP contribution in [-0.4, -0.2) is 16.2 Å². The second-order valence-corrected chi connectivity index (χ2v) is 2.78. The summed E-state index contributed by atoms with van der Waals surface area (Å²) in [5.41, 5.74) is 1.43. The molecule has 3 heteroatoms. The minimum absolute atomic E-state index is 0.0133. The van der Waals surface area contributed by atoms with Gasteiger partial charge in [-0.25, -0.2) is 4.79 Å². The quantitative estimate of drug-likeness (QED) is 0.667. The first-order chi connectivity index (χ1) is 5.52. The molecule has 2 N–H and O–H groups in total. The van der Waals surface area contributed by atoms with Gasteiger partial charge in [0, 0.05) is 0 Å². The number of carboxylic acids is 1. The van der Waals surface area contributed by atoms with Gasteiger partial charge in [0.15, 0.2) is 0 Å². The molecule has 0 aliphatic rings. The summed E-state index contributed by atoms with van der Waals surface area (Å²) in [6, 6.07) is 3.17. The minimum Gasteiger partial charge on any atom is -0.507 e. The molecule has 0 aromatic heterocycles. The van der Waals surface area contributed by atoms with Gasteiger partial charge in [0.25, 0.3) is 0 Å². The summed E-state index contributed by atoms with van der Waals surface area (Å²) in [6.45, 7) is 3.47. The molecule has 12 heavy (non-hydrogen) atoms. The van der Waals surface area contributed by atoms with Crippen LogP contribution in [0.4, 0.5) is 0 Å². The number of carbonyl (C=O) groups is 1. The summed E-state index contributed by atoms with van der Waals surface area (Å²) in [5.74, 6) is -1.26. The van der Waals surface area contributed by atoms with Crippen molar-refractivity contribution in [3.63, 3.8) is 0 Å². The van der Waals surface area contributed by atoms with Gasteiger partial charge in [-0.15, -0.1) is 0 Å². The van der Waals surface area contributed by atoms with E-state index in [2.05, 4.69) is 0 Å². The predicted octanol–water partition coefficient (Wildman–Crippen LogP) is 1.71. The monoisotopic (exact) mass is 166 g/mol. The Bertz CT molecular complexity index is 306. The maximum atomic E-state index is 10.6. The van der Waals surface area contributed by atoms with Gasteiger partial charge in [-0.2, -0.15) is 0 Å². The predicted molar refractivity (Wildman–Crippen MR) is 44.5 cm³/mol. The van der Waals surface area contributed by atoms with Crippen LogP contribution in [0.2, 0.25) is 0 Å². The second-order valence-electron chi connectivity index (χ2n) is 2.78. The number of aromatic carboxylic acids is 1. The molecule has 1 rings (SSSR count). The topological polar surface area (TPSA) is 57.5 Å². The molecule has 0 saturated heterocycles. The van der Waals surface area contributed by atoms with Crippen molar-refractivity contribution < 1.29 is 15.0 Å². The Morgan fingerprint density at radius 1 is 1.33 bits per heavy atom. The Hall–Kier alpha value is -1.51. The van der Waals surface area contributed by atoms with Crippen LogP contribution in [0.1, 0.15) is 21.5 Å². The number of phenols is 1.